The van der Waals surface area contributed by atoms with Gasteiger partial charge in [-0.25, -0.2) is 4.79 Å². The van der Waals surface area contributed by atoms with Crippen LogP contribution in [0.15, 0.2) is 10.6 Å². The number of likely N-dealkylation sites (tertiary alicyclic amines) is 1. The molecule has 2 rings (SSSR count). The Hall–Kier alpha value is -1.85. The minimum atomic E-state index is -1.22. The first-order valence-corrected chi connectivity index (χ1v) is 5.10. The number of nitrogens with zero attached hydrogens (tertiary/aromatic N) is 2. The zero-order chi connectivity index (χ0) is 11.7. The first-order chi connectivity index (χ1) is 7.59. The van der Waals surface area contributed by atoms with Crippen LogP contribution in [-0.2, 0) is 0 Å². The van der Waals surface area contributed by atoms with Crippen LogP contribution in [0.3, 0.4) is 0 Å². The molecule has 16 heavy (non-hydrogen) atoms. The summed E-state index contributed by atoms with van der Waals surface area (Å²) in [5.41, 5.74) is 0.0613. The molecule has 0 radical (unpaired) electrons. The topological polar surface area (TPSA) is 83.6 Å². The van der Waals surface area contributed by atoms with Crippen LogP contribution in [0.2, 0.25) is 0 Å². The van der Waals surface area contributed by atoms with E-state index in [-0.39, 0.29) is 23.4 Å². The maximum Gasteiger partial charge on any atom is 0.374 e. The molecule has 0 aromatic carbocycles. The van der Waals surface area contributed by atoms with Crippen LogP contribution in [0.4, 0.5) is 0 Å². The minimum Gasteiger partial charge on any atom is -0.475 e. The minimum absolute atomic E-state index is 0.0613. The lowest BCUT2D eigenvalue weighted by Crippen LogP contribution is -2.33. The van der Waals surface area contributed by atoms with Crippen molar-refractivity contribution in [2.24, 2.45) is 0 Å². The van der Waals surface area contributed by atoms with Crippen LogP contribution in [-0.4, -0.2) is 39.6 Å². The summed E-state index contributed by atoms with van der Waals surface area (Å²) in [6.07, 6.45) is 1.94. The van der Waals surface area contributed by atoms with Gasteiger partial charge in [0, 0.05) is 18.7 Å². The van der Waals surface area contributed by atoms with Gasteiger partial charge in [0.2, 0.25) is 5.76 Å². The Morgan fingerprint density at radius 3 is 2.88 bits per heavy atom. The summed E-state index contributed by atoms with van der Waals surface area (Å²) in [7, 11) is 0. The number of carbonyl (C=O) groups is 2. The molecule has 1 amide bonds. The number of hydrogen-bond donors (Lipinski definition) is 1. The Bertz CT molecular complexity index is 426. The molecule has 1 aliphatic heterocycles. The molecule has 0 bridgehead atoms. The summed E-state index contributed by atoms with van der Waals surface area (Å²) in [5, 5.41) is 12.1. The predicted octanol–water partition coefficient (Wildman–Crippen LogP) is 0.997. The van der Waals surface area contributed by atoms with E-state index in [0.717, 1.165) is 18.9 Å². The summed E-state index contributed by atoms with van der Waals surface area (Å²) < 4.78 is 4.54. The van der Waals surface area contributed by atoms with Crippen molar-refractivity contribution >= 4 is 11.9 Å². The maximum atomic E-state index is 11.9. The van der Waals surface area contributed by atoms with Gasteiger partial charge in [-0.1, -0.05) is 5.16 Å². The van der Waals surface area contributed by atoms with Gasteiger partial charge in [-0.2, -0.15) is 0 Å². The predicted molar refractivity (Wildman–Crippen MR) is 53.2 cm³/mol. The van der Waals surface area contributed by atoms with Crippen LogP contribution in [0, 0.1) is 0 Å². The van der Waals surface area contributed by atoms with Crippen molar-refractivity contribution in [3.8, 4) is 0 Å². The average Bonchev–Trinajstić information content (AvgIpc) is 2.84. The second-order valence-electron chi connectivity index (χ2n) is 3.87. The summed E-state index contributed by atoms with van der Waals surface area (Å²) in [4.78, 5) is 24.2. The van der Waals surface area contributed by atoms with Gasteiger partial charge in [0.05, 0.1) is 0 Å². The second kappa shape index (κ2) is 3.96. The summed E-state index contributed by atoms with van der Waals surface area (Å²) >= 11 is 0. The lowest BCUT2D eigenvalue weighted by atomic mass is 10.2. The molecule has 1 atom stereocenters. The van der Waals surface area contributed by atoms with Gasteiger partial charge in [0.25, 0.3) is 5.91 Å². The van der Waals surface area contributed by atoms with Crippen molar-refractivity contribution in [2.75, 3.05) is 6.54 Å². The summed E-state index contributed by atoms with van der Waals surface area (Å²) in [6.45, 7) is 2.65. The highest BCUT2D eigenvalue weighted by atomic mass is 16.5. The zero-order valence-corrected chi connectivity index (χ0v) is 8.84. The number of aromatic carboxylic acids is 1. The number of hydrogen-bond acceptors (Lipinski definition) is 4. The molecule has 86 valence electrons. The molecule has 1 aromatic rings. The van der Waals surface area contributed by atoms with Gasteiger partial charge in [-0.3, -0.25) is 4.79 Å². The quantitative estimate of drug-likeness (QED) is 0.810. The van der Waals surface area contributed by atoms with Crippen molar-refractivity contribution in [1.29, 1.82) is 0 Å². The lowest BCUT2D eigenvalue weighted by Gasteiger charge is -2.19. The normalized spacial score (nSPS) is 20.1. The Labute approximate surface area is 91.8 Å². The molecular weight excluding hydrogens is 212 g/mol. The van der Waals surface area contributed by atoms with E-state index >= 15 is 0 Å². The molecule has 1 saturated heterocycles. The average molecular weight is 224 g/mol. The molecule has 1 fully saturated rings. The molecule has 2 heterocycles. The van der Waals surface area contributed by atoms with Gasteiger partial charge in [0.1, 0.15) is 0 Å². The molecule has 0 aliphatic carbocycles. The Kier molecular flexibility index (Phi) is 2.64. The number of carboxylic acids is 1. The first-order valence-electron chi connectivity index (χ1n) is 5.10. The van der Waals surface area contributed by atoms with Crippen molar-refractivity contribution in [2.45, 2.75) is 25.8 Å². The van der Waals surface area contributed by atoms with E-state index in [1.807, 2.05) is 6.92 Å². The van der Waals surface area contributed by atoms with Crippen LogP contribution in [0.25, 0.3) is 0 Å². The third kappa shape index (κ3) is 1.78. The van der Waals surface area contributed by atoms with Crippen LogP contribution >= 0.6 is 0 Å². The van der Waals surface area contributed by atoms with E-state index in [2.05, 4.69) is 9.68 Å². The van der Waals surface area contributed by atoms with Crippen molar-refractivity contribution in [1.82, 2.24) is 10.1 Å². The Morgan fingerprint density at radius 2 is 2.38 bits per heavy atom. The van der Waals surface area contributed by atoms with E-state index < -0.39 is 5.97 Å². The van der Waals surface area contributed by atoms with E-state index in [4.69, 9.17) is 5.11 Å². The smallest absolute Gasteiger partial charge is 0.374 e. The molecule has 0 spiro atoms. The second-order valence-corrected chi connectivity index (χ2v) is 3.87. The SMILES string of the molecule is CC1CCCN1C(=O)c1cc(C(=O)O)on1. The van der Waals surface area contributed by atoms with Crippen LogP contribution in [0.1, 0.15) is 40.8 Å². The van der Waals surface area contributed by atoms with Gasteiger partial charge in [-0.15, -0.1) is 0 Å². The molecule has 1 aliphatic rings. The highest BCUT2D eigenvalue weighted by molar-refractivity contribution is 5.95. The maximum absolute atomic E-state index is 11.9. The highest BCUT2D eigenvalue weighted by Crippen LogP contribution is 2.19. The molecule has 6 heteroatoms. The standard InChI is InChI=1S/C10H12N2O4/c1-6-3-2-4-12(6)9(13)7-5-8(10(14)15)16-11-7/h5-6H,2-4H2,1H3,(H,14,15). The molecule has 1 N–H and O–H groups in total. The van der Waals surface area contributed by atoms with Gasteiger partial charge in [0.15, 0.2) is 5.69 Å². The Balaban J connectivity index is 2.17. The van der Waals surface area contributed by atoms with Gasteiger partial charge in [-0.05, 0) is 19.8 Å². The molecule has 0 saturated carbocycles. The number of amides is 1. The highest BCUT2D eigenvalue weighted by Gasteiger charge is 2.28. The van der Waals surface area contributed by atoms with Crippen LogP contribution < -0.4 is 0 Å². The molecule has 1 aromatic heterocycles. The monoisotopic (exact) mass is 224 g/mol. The van der Waals surface area contributed by atoms with Crippen molar-refractivity contribution in [3.63, 3.8) is 0 Å². The Morgan fingerprint density at radius 1 is 1.62 bits per heavy atom. The number of rotatable bonds is 2. The van der Waals surface area contributed by atoms with E-state index in [0.29, 0.717) is 6.54 Å². The fourth-order valence-electron chi connectivity index (χ4n) is 1.86. The number of carbonyl (C=O) groups excluding carboxylic acids is 1. The van der Waals surface area contributed by atoms with Crippen molar-refractivity contribution in [3.05, 3.63) is 17.5 Å². The van der Waals surface area contributed by atoms with E-state index in [9.17, 15) is 9.59 Å². The third-order valence-corrected chi connectivity index (χ3v) is 2.75. The van der Waals surface area contributed by atoms with Crippen LogP contribution in [0.5, 0.6) is 0 Å². The van der Waals surface area contributed by atoms with Gasteiger partial charge < -0.3 is 14.5 Å². The number of carboxylic acid groups (broad SMARTS) is 1. The molecular formula is C10H12N2O4. The third-order valence-electron chi connectivity index (χ3n) is 2.75. The molecule has 1 unspecified atom stereocenters. The summed E-state index contributed by atoms with van der Waals surface area (Å²) in [5.74, 6) is -1.79. The zero-order valence-electron chi connectivity index (χ0n) is 8.84. The van der Waals surface area contributed by atoms with Crippen molar-refractivity contribution < 1.29 is 19.2 Å². The van der Waals surface area contributed by atoms with Gasteiger partial charge >= 0.3 is 5.97 Å². The first kappa shape index (κ1) is 10.7. The summed E-state index contributed by atoms with van der Waals surface area (Å²) in [6, 6.07) is 1.34. The largest absolute Gasteiger partial charge is 0.475 e. The van der Waals surface area contributed by atoms with E-state index in [1.165, 1.54) is 0 Å². The fraction of sp³-hybridized carbons (Fsp3) is 0.500. The number of aromatic nitrogens is 1. The van der Waals surface area contributed by atoms with E-state index in [1.54, 1.807) is 4.90 Å². The fourth-order valence-corrected chi connectivity index (χ4v) is 1.86. The lowest BCUT2D eigenvalue weighted by molar-refractivity contribution is 0.0648. The molecule has 6 nitrogen and oxygen atoms in total.